The molecule has 2 aromatic heterocycles. The topological polar surface area (TPSA) is 168 Å². The third-order valence-electron chi connectivity index (χ3n) is 8.23. The van der Waals surface area contributed by atoms with E-state index in [0.29, 0.717) is 29.8 Å². The Kier molecular flexibility index (Phi) is 7.65. The number of hydrogen-bond acceptors (Lipinski definition) is 9. The largest absolute Gasteiger partial charge is 0.341 e. The quantitative estimate of drug-likeness (QED) is 0.235. The predicted molar refractivity (Wildman–Crippen MR) is 175 cm³/mol. The van der Waals surface area contributed by atoms with Crippen LogP contribution in [-0.2, 0) is 36.9 Å². The van der Waals surface area contributed by atoms with Crippen molar-refractivity contribution in [3.8, 4) is 0 Å². The van der Waals surface area contributed by atoms with Gasteiger partial charge in [-0.15, -0.1) is 4.40 Å². The molecular formula is C32H34N6O6S2. The maximum absolute atomic E-state index is 14.9. The Morgan fingerprint density at radius 2 is 1.78 bits per heavy atom. The van der Waals surface area contributed by atoms with Crippen molar-refractivity contribution < 1.29 is 26.4 Å². The van der Waals surface area contributed by atoms with Gasteiger partial charge >= 0.3 is 0 Å². The van der Waals surface area contributed by atoms with Crippen molar-refractivity contribution in [2.24, 2.45) is 15.7 Å². The first-order chi connectivity index (χ1) is 21.6. The first-order valence-corrected chi connectivity index (χ1v) is 18.0. The maximum atomic E-state index is 14.9. The number of rotatable bonds is 8. The van der Waals surface area contributed by atoms with Crippen LogP contribution in [0, 0.1) is 11.3 Å². The molecule has 0 bridgehead atoms. The number of anilines is 2. The van der Waals surface area contributed by atoms with Crippen molar-refractivity contribution >= 4 is 54.3 Å². The fourth-order valence-electron chi connectivity index (χ4n) is 6.00. The molecule has 46 heavy (non-hydrogen) atoms. The van der Waals surface area contributed by atoms with E-state index in [2.05, 4.69) is 45.5 Å². The lowest BCUT2D eigenvalue weighted by atomic mass is 9.66. The maximum Gasteiger partial charge on any atom is 0.286 e. The molecule has 0 amide bonds. The Labute approximate surface area is 267 Å². The Bertz CT molecular complexity index is 2150. The highest BCUT2D eigenvalue weighted by Gasteiger charge is 2.54. The number of nitrogens with zero attached hydrogens (tertiary/aromatic N) is 3. The molecule has 3 N–H and O–H groups in total. The fourth-order valence-corrected chi connectivity index (χ4v) is 7.74. The molecule has 3 heterocycles. The highest BCUT2D eigenvalue weighted by atomic mass is 32.2. The Morgan fingerprint density at radius 1 is 1.04 bits per heavy atom. The number of Topliss-reactive ketones (excluding diaryl/α,β-unsaturated/α-hetero) is 2. The van der Waals surface area contributed by atoms with Crippen molar-refractivity contribution in [2.75, 3.05) is 16.3 Å². The summed E-state index contributed by atoms with van der Waals surface area (Å²) < 4.78 is 58.5. The van der Waals surface area contributed by atoms with Gasteiger partial charge in [0.2, 0.25) is 10.0 Å². The van der Waals surface area contributed by atoms with Crippen LogP contribution in [0.3, 0.4) is 0 Å². The molecule has 2 aromatic carbocycles. The summed E-state index contributed by atoms with van der Waals surface area (Å²) in [5, 5.41) is 6.40. The number of sulfonamides is 2. The molecule has 1 aliphatic carbocycles. The minimum absolute atomic E-state index is 0.0286. The van der Waals surface area contributed by atoms with Gasteiger partial charge in [0.1, 0.15) is 28.0 Å². The van der Waals surface area contributed by atoms with E-state index in [1.807, 2.05) is 28.8 Å². The Morgan fingerprint density at radius 3 is 2.52 bits per heavy atom. The van der Waals surface area contributed by atoms with Crippen LogP contribution < -0.4 is 15.4 Å². The molecule has 0 saturated carbocycles. The molecule has 2 atom stereocenters. The predicted octanol–water partition coefficient (Wildman–Crippen LogP) is 4.11. The number of hydrogen-bond donors (Lipinski definition) is 3. The summed E-state index contributed by atoms with van der Waals surface area (Å²) >= 11 is 0. The number of benzene rings is 2. The molecule has 2 unspecified atom stereocenters. The van der Waals surface area contributed by atoms with Gasteiger partial charge in [0.05, 0.1) is 30.2 Å². The van der Waals surface area contributed by atoms with Crippen molar-refractivity contribution in [2.45, 2.75) is 50.6 Å². The number of carbonyl (C=O) groups excluding carboxylic acids is 2. The lowest BCUT2D eigenvalue weighted by Crippen LogP contribution is -2.59. The van der Waals surface area contributed by atoms with Crippen LogP contribution >= 0.6 is 0 Å². The summed E-state index contributed by atoms with van der Waals surface area (Å²) in [5.41, 5.74) is 0.221. The van der Waals surface area contributed by atoms with E-state index < -0.39 is 43.1 Å². The molecule has 0 spiro atoms. The molecule has 1 aliphatic heterocycles. The van der Waals surface area contributed by atoms with Crippen LogP contribution in [0.4, 0.5) is 11.4 Å². The summed E-state index contributed by atoms with van der Waals surface area (Å²) in [6.45, 7) is 6.37. The second-order valence-corrected chi connectivity index (χ2v) is 16.2. The van der Waals surface area contributed by atoms with Crippen LogP contribution in [0.15, 0.2) is 82.4 Å². The van der Waals surface area contributed by atoms with Crippen molar-refractivity contribution in [1.82, 2.24) is 14.7 Å². The van der Waals surface area contributed by atoms with E-state index in [0.717, 1.165) is 17.8 Å². The van der Waals surface area contributed by atoms with Crippen LogP contribution in [0.2, 0.25) is 0 Å². The number of imidazole rings is 1. The first kappa shape index (κ1) is 31.6. The summed E-state index contributed by atoms with van der Waals surface area (Å²) in [7, 11) is -8.11. The van der Waals surface area contributed by atoms with E-state index in [1.165, 1.54) is 12.1 Å². The van der Waals surface area contributed by atoms with Crippen LogP contribution in [-0.4, -0.2) is 49.9 Å². The first-order valence-electron chi connectivity index (χ1n) is 14.7. The molecule has 0 saturated heterocycles. The zero-order valence-corrected chi connectivity index (χ0v) is 27.4. The molecule has 2 aliphatic rings. The van der Waals surface area contributed by atoms with Gasteiger partial charge in [-0.3, -0.25) is 19.6 Å². The second-order valence-electron chi connectivity index (χ2n) is 12.9. The van der Waals surface area contributed by atoms with Crippen molar-refractivity contribution in [3.63, 3.8) is 0 Å². The number of amidine groups is 1. The van der Waals surface area contributed by atoms with E-state index in [1.54, 1.807) is 30.5 Å². The normalized spacial score (nSPS) is 20.9. The number of pyridine rings is 1. The minimum Gasteiger partial charge on any atom is -0.341 e. The highest BCUT2D eigenvalue weighted by Crippen LogP contribution is 2.43. The average Bonchev–Trinajstić information content (AvgIpc) is 3.39. The van der Waals surface area contributed by atoms with Gasteiger partial charge in [0.15, 0.2) is 11.6 Å². The number of ketones is 2. The SMILES string of the molecule is CC(C)(C)CCC1(NCc2ncc3ccccn23)C(=O)C(C2=NS(=O)(=O)c3cc(NS(C)(=O)=O)ccc3N2)C(=O)c2ccccc21. The number of nitrogens with one attached hydrogen (secondary N) is 3. The summed E-state index contributed by atoms with van der Waals surface area (Å²) in [6, 6.07) is 16.5. The van der Waals surface area contributed by atoms with Gasteiger partial charge < -0.3 is 9.72 Å². The molecular weight excluding hydrogens is 629 g/mol. The third-order valence-corrected chi connectivity index (χ3v) is 10.2. The zero-order chi connectivity index (χ0) is 33.1. The molecule has 4 aromatic rings. The van der Waals surface area contributed by atoms with E-state index in [4.69, 9.17) is 0 Å². The zero-order valence-electron chi connectivity index (χ0n) is 25.7. The van der Waals surface area contributed by atoms with E-state index in [9.17, 15) is 26.4 Å². The van der Waals surface area contributed by atoms with Crippen molar-refractivity contribution in [1.29, 1.82) is 0 Å². The summed E-state index contributed by atoms with van der Waals surface area (Å²) in [5.74, 6) is -2.31. The molecule has 14 heteroatoms. The summed E-state index contributed by atoms with van der Waals surface area (Å²) in [6.07, 6.45) is 5.48. The average molecular weight is 663 g/mol. The van der Waals surface area contributed by atoms with Gasteiger partial charge in [-0.1, -0.05) is 51.1 Å². The number of aromatic nitrogens is 2. The number of carbonyl (C=O) groups is 2. The van der Waals surface area contributed by atoms with Crippen LogP contribution in [0.25, 0.3) is 5.52 Å². The van der Waals surface area contributed by atoms with Crippen LogP contribution in [0.5, 0.6) is 0 Å². The molecule has 12 nitrogen and oxygen atoms in total. The standard InChI is InChI=1S/C32H34N6O6S2/c1-31(2,3)14-15-32(34-19-26-33-18-21-9-7-8-16-38(21)26)23-11-6-5-10-22(23)28(39)27(29(32)40)30-35-24-13-12-20(36-45(4,41)42)17-25(24)46(43,44)37-30/h5-13,16-18,27,34,36H,14-15,19H2,1-4H3,(H,35,37). The third kappa shape index (κ3) is 5.83. The Balaban J connectivity index is 1.45. The number of fused-ring (bicyclic) bond motifs is 3. The van der Waals surface area contributed by atoms with Gasteiger partial charge in [-0.25, -0.2) is 13.4 Å². The summed E-state index contributed by atoms with van der Waals surface area (Å²) in [4.78, 5) is 33.3. The lowest BCUT2D eigenvalue weighted by molar-refractivity contribution is -0.128. The lowest BCUT2D eigenvalue weighted by Gasteiger charge is -2.42. The monoisotopic (exact) mass is 662 g/mol. The van der Waals surface area contributed by atoms with Gasteiger partial charge in [0, 0.05) is 17.4 Å². The Hall–Kier alpha value is -4.40. The minimum atomic E-state index is -4.44. The molecule has 240 valence electrons. The smallest absolute Gasteiger partial charge is 0.286 e. The van der Waals surface area contributed by atoms with E-state index in [-0.39, 0.29) is 34.1 Å². The van der Waals surface area contributed by atoms with Gasteiger partial charge in [-0.05, 0) is 54.2 Å². The molecule has 0 fully saturated rings. The van der Waals surface area contributed by atoms with E-state index >= 15 is 0 Å². The van der Waals surface area contributed by atoms with Gasteiger partial charge in [0.25, 0.3) is 10.0 Å². The second kappa shape index (κ2) is 11.1. The highest BCUT2D eigenvalue weighted by molar-refractivity contribution is 7.92. The van der Waals surface area contributed by atoms with Crippen molar-refractivity contribution in [3.05, 3.63) is 90.0 Å². The molecule has 6 rings (SSSR count). The van der Waals surface area contributed by atoms with Crippen LogP contribution in [0.1, 0.15) is 55.4 Å². The fraction of sp³-hybridized carbons (Fsp3) is 0.312. The van der Waals surface area contributed by atoms with Gasteiger partial charge in [-0.2, -0.15) is 8.42 Å². The molecule has 0 radical (unpaired) electrons.